The first-order valence-corrected chi connectivity index (χ1v) is 7.63. The molecule has 1 heterocycles. The van der Waals surface area contributed by atoms with Crippen molar-refractivity contribution in [2.45, 2.75) is 25.3 Å². The average Bonchev–Trinajstić information content (AvgIpc) is 2.71. The third kappa shape index (κ3) is 2.45. The van der Waals surface area contributed by atoms with Crippen LogP contribution in [0.25, 0.3) is 0 Å². The number of anilines is 1. The van der Waals surface area contributed by atoms with E-state index in [9.17, 15) is 4.39 Å². The monoisotopic (exact) mass is 325 g/mol. The molecule has 0 radical (unpaired) electrons. The lowest BCUT2D eigenvalue weighted by molar-refractivity contribution is 0.605. The summed E-state index contributed by atoms with van der Waals surface area (Å²) in [4.78, 5) is 1.45. The number of fused-ring (bicyclic) bond motifs is 1. The van der Waals surface area contributed by atoms with Crippen molar-refractivity contribution >= 4 is 33.0 Å². The van der Waals surface area contributed by atoms with E-state index in [2.05, 4.69) is 27.3 Å². The van der Waals surface area contributed by atoms with E-state index in [0.29, 0.717) is 6.04 Å². The molecule has 0 bridgehead atoms. The van der Waals surface area contributed by atoms with Gasteiger partial charge in [0.1, 0.15) is 5.82 Å². The van der Waals surface area contributed by atoms with E-state index >= 15 is 0 Å². The molecule has 3 rings (SSSR count). The average molecular weight is 326 g/mol. The van der Waals surface area contributed by atoms with Gasteiger partial charge >= 0.3 is 0 Å². The molecule has 0 fully saturated rings. The maximum atomic E-state index is 13.2. The second-order valence-corrected chi connectivity index (χ2v) is 7.04. The van der Waals surface area contributed by atoms with Gasteiger partial charge in [-0.25, -0.2) is 4.39 Å². The summed E-state index contributed by atoms with van der Waals surface area (Å²) in [6, 6.07) is 9.17. The summed E-state index contributed by atoms with van der Waals surface area (Å²) in [6.07, 6.45) is 3.45. The maximum absolute atomic E-state index is 13.2. The fraction of sp³-hybridized carbons (Fsp3) is 0.286. The molecule has 0 aliphatic heterocycles. The van der Waals surface area contributed by atoms with Crippen LogP contribution in [0.3, 0.4) is 0 Å². The molecule has 1 aromatic carbocycles. The number of thiophene rings is 1. The van der Waals surface area contributed by atoms with Gasteiger partial charge in [-0.05, 0) is 65.0 Å². The predicted octanol–water partition coefficient (Wildman–Crippen LogP) is 5.14. The van der Waals surface area contributed by atoms with Crippen molar-refractivity contribution in [2.24, 2.45) is 0 Å². The molecule has 1 atom stereocenters. The summed E-state index contributed by atoms with van der Waals surface area (Å²) in [5.41, 5.74) is 2.22. The van der Waals surface area contributed by atoms with Gasteiger partial charge in [0.2, 0.25) is 0 Å². The van der Waals surface area contributed by atoms with Crippen LogP contribution in [0.2, 0.25) is 0 Å². The standard InChI is InChI=1S/C14H13BrFNS/c15-14-8-11-12(5-2-6-13(11)18-14)17-10-4-1-3-9(16)7-10/h1,3-4,7-8,12,17H,2,5-6H2. The third-order valence-electron chi connectivity index (χ3n) is 3.25. The van der Waals surface area contributed by atoms with Crippen molar-refractivity contribution < 1.29 is 4.39 Å². The highest BCUT2D eigenvalue weighted by atomic mass is 79.9. The van der Waals surface area contributed by atoms with Crippen molar-refractivity contribution in [1.82, 2.24) is 0 Å². The van der Waals surface area contributed by atoms with Crippen molar-refractivity contribution in [3.05, 3.63) is 50.4 Å². The zero-order chi connectivity index (χ0) is 12.5. The minimum atomic E-state index is -0.192. The van der Waals surface area contributed by atoms with E-state index in [0.717, 1.165) is 18.5 Å². The van der Waals surface area contributed by atoms with Crippen LogP contribution in [0, 0.1) is 5.82 Å². The van der Waals surface area contributed by atoms with Crippen LogP contribution in [-0.4, -0.2) is 0 Å². The van der Waals surface area contributed by atoms with Gasteiger partial charge in [0.15, 0.2) is 0 Å². The molecular weight excluding hydrogens is 313 g/mol. The van der Waals surface area contributed by atoms with Crippen LogP contribution < -0.4 is 5.32 Å². The van der Waals surface area contributed by atoms with Gasteiger partial charge in [0.05, 0.1) is 9.83 Å². The molecule has 0 amide bonds. The Hall–Kier alpha value is -0.870. The number of rotatable bonds is 2. The van der Waals surface area contributed by atoms with Crippen LogP contribution in [-0.2, 0) is 6.42 Å². The highest BCUT2D eigenvalue weighted by Gasteiger charge is 2.22. The highest BCUT2D eigenvalue weighted by molar-refractivity contribution is 9.11. The van der Waals surface area contributed by atoms with Gasteiger partial charge in [0, 0.05) is 10.6 Å². The number of halogens is 2. The predicted molar refractivity (Wildman–Crippen MR) is 77.7 cm³/mol. The lowest BCUT2D eigenvalue weighted by Gasteiger charge is -2.24. The first-order chi connectivity index (χ1) is 8.72. The van der Waals surface area contributed by atoms with E-state index < -0.39 is 0 Å². The Bertz CT molecular complexity index is 567. The van der Waals surface area contributed by atoms with Gasteiger partial charge < -0.3 is 5.32 Å². The molecule has 2 aromatic rings. The highest BCUT2D eigenvalue weighted by Crippen LogP contribution is 2.39. The summed E-state index contributed by atoms with van der Waals surface area (Å²) in [5.74, 6) is -0.192. The number of hydrogen-bond acceptors (Lipinski definition) is 2. The van der Waals surface area contributed by atoms with E-state index in [1.807, 2.05) is 17.4 Å². The first kappa shape index (κ1) is 12.2. The first-order valence-electron chi connectivity index (χ1n) is 6.02. The van der Waals surface area contributed by atoms with Gasteiger partial charge in [-0.1, -0.05) is 6.07 Å². The Morgan fingerprint density at radius 3 is 3.06 bits per heavy atom. The van der Waals surface area contributed by atoms with Crippen LogP contribution >= 0.6 is 27.3 Å². The molecule has 94 valence electrons. The third-order valence-corrected chi connectivity index (χ3v) is 4.96. The minimum Gasteiger partial charge on any atom is -0.378 e. The van der Waals surface area contributed by atoms with Crippen LogP contribution in [0.5, 0.6) is 0 Å². The smallest absolute Gasteiger partial charge is 0.125 e. The molecule has 0 spiro atoms. The molecule has 0 saturated heterocycles. The van der Waals surface area contributed by atoms with E-state index in [-0.39, 0.29) is 5.82 Å². The molecule has 1 aliphatic carbocycles. The fourth-order valence-electron chi connectivity index (χ4n) is 2.45. The molecule has 4 heteroatoms. The van der Waals surface area contributed by atoms with Gasteiger partial charge in [-0.3, -0.25) is 0 Å². The second-order valence-electron chi connectivity index (χ2n) is 4.53. The number of aryl methyl sites for hydroxylation is 1. The SMILES string of the molecule is Fc1cccc(NC2CCCc3sc(Br)cc32)c1. The van der Waals surface area contributed by atoms with E-state index in [1.54, 1.807) is 12.1 Å². The molecule has 18 heavy (non-hydrogen) atoms. The van der Waals surface area contributed by atoms with Crippen molar-refractivity contribution in [1.29, 1.82) is 0 Å². The lowest BCUT2D eigenvalue weighted by atomic mass is 9.94. The lowest BCUT2D eigenvalue weighted by Crippen LogP contribution is -2.15. The number of nitrogens with one attached hydrogen (secondary N) is 1. The van der Waals surface area contributed by atoms with Crippen LogP contribution in [0.4, 0.5) is 10.1 Å². The molecule has 1 unspecified atom stereocenters. The second kappa shape index (κ2) is 5.02. The Labute approximate surface area is 118 Å². The Kier molecular flexibility index (Phi) is 3.39. The van der Waals surface area contributed by atoms with Gasteiger partial charge in [0.25, 0.3) is 0 Å². The largest absolute Gasteiger partial charge is 0.378 e. The Morgan fingerprint density at radius 1 is 1.33 bits per heavy atom. The van der Waals surface area contributed by atoms with Gasteiger partial charge in [-0.2, -0.15) is 0 Å². The summed E-state index contributed by atoms with van der Waals surface area (Å²) in [7, 11) is 0. The topological polar surface area (TPSA) is 12.0 Å². The minimum absolute atomic E-state index is 0.192. The quantitative estimate of drug-likeness (QED) is 0.806. The zero-order valence-electron chi connectivity index (χ0n) is 9.75. The normalized spacial score (nSPS) is 18.4. The van der Waals surface area contributed by atoms with Gasteiger partial charge in [-0.15, -0.1) is 11.3 Å². The summed E-state index contributed by atoms with van der Waals surface area (Å²) in [6.45, 7) is 0. The zero-order valence-corrected chi connectivity index (χ0v) is 12.2. The summed E-state index contributed by atoms with van der Waals surface area (Å²) in [5, 5.41) is 3.44. The molecule has 1 aromatic heterocycles. The van der Waals surface area contributed by atoms with Crippen molar-refractivity contribution in [3.8, 4) is 0 Å². The van der Waals surface area contributed by atoms with Crippen LogP contribution in [0.15, 0.2) is 34.1 Å². The van der Waals surface area contributed by atoms with Crippen molar-refractivity contribution in [2.75, 3.05) is 5.32 Å². The maximum Gasteiger partial charge on any atom is 0.125 e. The fourth-order valence-corrected chi connectivity index (χ4v) is 4.27. The molecule has 1 aliphatic rings. The summed E-state index contributed by atoms with van der Waals surface area (Å²) < 4.78 is 14.4. The van der Waals surface area contributed by atoms with Crippen molar-refractivity contribution in [3.63, 3.8) is 0 Å². The summed E-state index contributed by atoms with van der Waals surface area (Å²) >= 11 is 5.36. The number of benzene rings is 1. The molecule has 1 nitrogen and oxygen atoms in total. The molecule has 0 saturated carbocycles. The molecule has 1 N–H and O–H groups in total. The number of hydrogen-bond donors (Lipinski definition) is 1. The van der Waals surface area contributed by atoms with E-state index in [4.69, 9.17) is 0 Å². The van der Waals surface area contributed by atoms with Crippen LogP contribution in [0.1, 0.15) is 29.3 Å². The Balaban J connectivity index is 1.86. The van der Waals surface area contributed by atoms with E-state index in [1.165, 1.54) is 26.7 Å². The molecular formula is C14H13BrFNS. The Morgan fingerprint density at radius 2 is 2.22 bits per heavy atom.